The van der Waals surface area contributed by atoms with Crippen LogP contribution in [0.5, 0.6) is 0 Å². The van der Waals surface area contributed by atoms with Crippen LogP contribution in [0, 0.1) is 6.92 Å². The molecule has 128 valence electrons. The van der Waals surface area contributed by atoms with E-state index < -0.39 is 6.09 Å². The number of piperazine rings is 1. The number of carboxylic acid groups (broad SMARTS) is 1. The van der Waals surface area contributed by atoms with Crippen LogP contribution in [0.4, 0.5) is 4.79 Å². The molecule has 1 aliphatic heterocycles. The van der Waals surface area contributed by atoms with Gasteiger partial charge in [0.05, 0.1) is 12.7 Å². The van der Waals surface area contributed by atoms with Crippen LogP contribution in [-0.2, 0) is 13.1 Å². The minimum atomic E-state index is -0.844. The van der Waals surface area contributed by atoms with Crippen molar-refractivity contribution in [2.24, 2.45) is 0 Å². The molecule has 2 aromatic rings. The Morgan fingerprint density at radius 2 is 2.04 bits per heavy atom. The van der Waals surface area contributed by atoms with E-state index in [0.29, 0.717) is 13.1 Å². The average Bonchev–Trinajstić information content (AvgIpc) is 2.95. The van der Waals surface area contributed by atoms with Crippen molar-refractivity contribution in [2.75, 3.05) is 13.1 Å². The molecule has 0 spiro atoms. The molecule has 24 heavy (non-hydrogen) atoms. The second-order valence-corrected chi connectivity index (χ2v) is 6.59. The number of hydrogen-bond acceptors (Lipinski definition) is 3. The highest BCUT2D eigenvalue weighted by molar-refractivity contribution is 5.65. The van der Waals surface area contributed by atoms with Crippen molar-refractivity contribution in [3.8, 4) is 0 Å². The minimum absolute atomic E-state index is 0.0122. The van der Waals surface area contributed by atoms with E-state index in [2.05, 4.69) is 22.1 Å². The Bertz CT molecular complexity index is 685. The summed E-state index contributed by atoms with van der Waals surface area (Å²) in [4.78, 5) is 15.4. The second kappa shape index (κ2) is 7.05. The highest BCUT2D eigenvalue weighted by Crippen LogP contribution is 2.20. The monoisotopic (exact) mass is 328 g/mol. The quantitative estimate of drug-likeness (QED) is 0.936. The Labute approximate surface area is 142 Å². The summed E-state index contributed by atoms with van der Waals surface area (Å²) in [5.74, 6) is 0. The molecule has 1 fully saturated rings. The third-order valence-electron chi connectivity index (χ3n) is 4.59. The van der Waals surface area contributed by atoms with Gasteiger partial charge < -0.3 is 10.0 Å². The van der Waals surface area contributed by atoms with E-state index in [1.807, 2.05) is 49.1 Å². The van der Waals surface area contributed by atoms with E-state index in [1.165, 1.54) is 5.56 Å². The lowest BCUT2D eigenvalue weighted by molar-refractivity contribution is 0.0256. The lowest BCUT2D eigenvalue weighted by atomic mass is 10.1. The van der Waals surface area contributed by atoms with E-state index in [9.17, 15) is 9.90 Å². The molecule has 1 saturated heterocycles. The zero-order valence-electron chi connectivity index (χ0n) is 14.2. The summed E-state index contributed by atoms with van der Waals surface area (Å²) < 4.78 is 1.91. The van der Waals surface area contributed by atoms with Gasteiger partial charge in [0.2, 0.25) is 0 Å². The van der Waals surface area contributed by atoms with Crippen LogP contribution in [0.1, 0.15) is 18.1 Å². The molecule has 6 nitrogen and oxygen atoms in total. The van der Waals surface area contributed by atoms with Gasteiger partial charge in [-0.2, -0.15) is 5.10 Å². The maximum Gasteiger partial charge on any atom is 0.407 e. The van der Waals surface area contributed by atoms with Gasteiger partial charge >= 0.3 is 6.09 Å². The number of aromatic nitrogens is 2. The van der Waals surface area contributed by atoms with Crippen molar-refractivity contribution < 1.29 is 9.90 Å². The van der Waals surface area contributed by atoms with Gasteiger partial charge in [0, 0.05) is 37.9 Å². The number of benzene rings is 1. The number of nitrogens with zero attached hydrogens (tertiary/aromatic N) is 4. The Balaban J connectivity index is 1.78. The summed E-state index contributed by atoms with van der Waals surface area (Å²) in [6.45, 7) is 6.73. The summed E-state index contributed by atoms with van der Waals surface area (Å²) >= 11 is 0. The van der Waals surface area contributed by atoms with Gasteiger partial charge in [-0.15, -0.1) is 0 Å². The van der Waals surface area contributed by atoms with Gasteiger partial charge in [-0.1, -0.05) is 30.3 Å². The molecule has 0 unspecified atom stereocenters. The maximum absolute atomic E-state index is 11.5. The molecule has 1 aliphatic rings. The van der Waals surface area contributed by atoms with E-state index in [-0.39, 0.29) is 12.1 Å². The molecule has 2 atom stereocenters. The van der Waals surface area contributed by atoms with Gasteiger partial charge in [0.15, 0.2) is 0 Å². The van der Waals surface area contributed by atoms with Crippen molar-refractivity contribution in [3.05, 3.63) is 53.9 Å². The summed E-state index contributed by atoms with van der Waals surface area (Å²) in [5, 5.41) is 13.8. The third kappa shape index (κ3) is 3.76. The second-order valence-electron chi connectivity index (χ2n) is 6.59. The standard InChI is InChI=1S/C18H24N4O2/c1-14-8-19-21(9-14)12-17-13-22(18(23)24)15(2)10-20(17)11-16-6-4-3-5-7-16/h3-9,15,17H,10-13H2,1-2H3,(H,23,24)/t15-,17+/m1/s1. The van der Waals surface area contributed by atoms with Crippen molar-refractivity contribution in [3.63, 3.8) is 0 Å². The molecule has 0 bridgehead atoms. The summed E-state index contributed by atoms with van der Waals surface area (Å²) in [7, 11) is 0. The van der Waals surface area contributed by atoms with Gasteiger partial charge in [-0.25, -0.2) is 4.79 Å². The smallest absolute Gasteiger partial charge is 0.407 e. The van der Waals surface area contributed by atoms with Crippen molar-refractivity contribution >= 4 is 6.09 Å². The third-order valence-corrected chi connectivity index (χ3v) is 4.59. The zero-order valence-corrected chi connectivity index (χ0v) is 14.2. The van der Waals surface area contributed by atoms with Crippen molar-refractivity contribution in [2.45, 2.75) is 39.0 Å². The van der Waals surface area contributed by atoms with Crippen LogP contribution in [0.3, 0.4) is 0 Å². The maximum atomic E-state index is 11.5. The molecule has 2 heterocycles. The van der Waals surface area contributed by atoms with Crippen LogP contribution < -0.4 is 0 Å². The average molecular weight is 328 g/mol. The fourth-order valence-corrected chi connectivity index (χ4v) is 3.34. The van der Waals surface area contributed by atoms with E-state index >= 15 is 0 Å². The Hall–Kier alpha value is -2.34. The molecule has 6 heteroatoms. The molecule has 1 N–H and O–H groups in total. The first-order valence-corrected chi connectivity index (χ1v) is 8.29. The number of carbonyl (C=O) groups is 1. The number of aryl methyl sites for hydroxylation is 1. The number of hydrogen-bond donors (Lipinski definition) is 1. The highest BCUT2D eigenvalue weighted by Gasteiger charge is 2.34. The fraction of sp³-hybridized carbons (Fsp3) is 0.444. The molecular weight excluding hydrogens is 304 g/mol. The predicted octanol–water partition coefficient (Wildman–Crippen LogP) is 2.44. The van der Waals surface area contributed by atoms with Crippen LogP contribution in [-0.4, -0.2) is 56.0 Å². The first-order valence-electron chi connectivity index (χ1n) is 8.29. The first-order chi connectivity index (χ1) is 11.5. The molecule has 1 aromatic carbocycles. The summed E-state index contributed by atoms with van der Waals surface area (Å²) in [6, 6.07) is 10.4. The van der Waals surface area contributed by atoms with Gasteiger partial charge in [-0.3, -0.25) is 9.58 Å². The lowest BCUT2D eigenvalue weighted by Gasteiger charge is -2.44. The molecule has 3 rings (SSSR count). The predicted molar refractivity (Wildman–Crippen MR) is 91.8 cm³/mol. The zero-order chi connectivity index (χ0) is 17.1. The van der Waals surface area contributed by atoms with Crippen LogP contribution in [0.15, 0.2) is 42.7 Å². The normalized spacial score (nSPS) is 21.8. The van der Waals surface area contributed by atoms with Gasteiger partial charge in [0.1, 0.15) is 0 Å². The molecule has 1 aromatic heterocycles. The Morgan fingerprint density at radius 1 is 1.29 bits per heavy atom. The number of rotatable bonds is 4. The summed E-state index contributed by atoms with van der Waals surface area (Å²) in [5.41, 5.74) is 2.36. The van der Waals surface area contributed by atoms with Crippen molar-refractivity contribution in [1.82, 2.24) is 19.6 Å². The number of amides is 1. The fourth-order valence-electron chi connectivity index (χ4n) is 3.34. The SMILES string of the molecule is Cc1cnn(C[C@H]2CN(C(=O)O)[C@H](C)CN2Cc2ccccc2)c1. The Kier molecular flexibility index (Phi) is 4.85. The van der Waals surface area contributed by atoms with E-state index in [1.54, 1.807) is 4.90 Å². The largest absolute Gasteiger partial charge is 0.465 e. The van der Waals surface area contributed by atoms with Crippen LogP contribution in [0.2, 0.25) is 0 Å². The summed E-state index contributed by atoms with van der Waals surface area (Å²) in [6.07, 6.45) is 3.00. The topological polar surface area (TPSA) is 61.6 Å². The Morgan fingerprint density at radius 3 is 2.67 bits per heavy atom. The molecule has 1 amide bonds. The van der Waals surface area contributed by atoms with Gasteiger partial charge in [0.25, 0.3) is 0 Å². The molecule has 0 aliphatic carbocycles. The lowest BCUT2D eigenvalue weighted by Crippen LogP contribution is -2.59. The van der Waals surface area contributed by atoms with E-state index in [4.69, 9.17) is 0 Å². The van der Waals surface area contributed by atoms with Crippen LogP contribution in [0.25, 0.3) is 0 Å². The van der Waals surface area contributed by atoms with E-state index in [0.717, 1.165) is 18.7 Å². The first kappa shape index (κ1) is 16.5. The molecule has 0 saturated carbocycles. The highest BCUT2D eigenvalue weighted by atomic mass is 16.4. The van der Waals surface area contributed by atoms with Crippen molar-refractivity contribution in [1.29, 1.82) is 0 Å². The molecular formula is C18H24N4O2. The van der Waals surface area contributed by atoms with Crippen LogP contribution >= 0.6 is 0 Å². The van der Waals surface area contributed by atoms with Gasteiger partial charge in [-0.05, 0) is 25.0 Å². The minimum Gasteiger partial charge on any atom is -0.465 e. The molecule has 0 radical (unpaired) electrons.